The summed E-state index contributed by atoms with van der Waals surface area (Å²) in [4.78, 5) is 41.2. The van der Waals surface area contributed by atoms with E-state index in [0.717, 1.165) is 48.6 Å². The van der Waals surface area contributed by atoms with E-state index in [-0.39, 0.29) is 23.6 Å². The van der Waals surface area contributed by atoms with Gasteiger partial charge < -0.3 is 20.9 Å². The molecule has 1 aliphatic heterocycles. The number of nitrogens with one attached hydrogen (secondary N) is 3. The number of benzene rings is 2. The molecule has 0 aliphatic carbocycles. The molecule has 2 aromatic carbocycles. The predicted molar refractivity (Wildman–Crippen MR) is 140 cm³/mol. The first-order chi connectivity index (χ1) is 17.0. The van der Waals surface area contributed by atoms with Crippen molar-refractivity contribution < 1.29 is 14.4 Å². The number of carbonyl (C=O) groups excluding carboxylic acids is 3. The van der Waals surface area contributed by atoms with Crippen LogP contribution in [0, 0.1) is 5.92 Å². The van der Waals surface area contributed by atoms with Gasteiger partial charge in [0.25, 0.3) is 0 Å². The van der Waals surface area contributed by atoms with E-state index in [4.69, 9.17) is 0 Å². The van der Waals surface area contributed by atoms with Gasteiger partial charge in [-0.2, -0.15) is 0 Å². The molecule has 1 saturated heterocycles. The molecule has 3 rings (SSSR count). The summed E-state index contributed by atoms with van der Waals surface area (Å²) in [5.41, 5.74) is 0.982. The minimum Gasteiger partial charge on any atom is -0.354 e. The van der Waals surface area contributed by atoms with Crippen LogP contribution in [0.3, 0.4) is 0 Å². The van der Waals surface area contributed by atoms with Crippen LogP contribution in [-0.4, -0.2) is 61.4 Å². The molecular weight excluding hydrogens is 440 g/mol. The maximum absolute atomic E-state index is 13.4. The summed E-state index contributed by atoms with van der Waals surface area (Å²) < 4.78 is 0. The Morgan fingerprint density at radius 3 is 2.49 bits per heavy atom. The molecule has 0 spiro atoms. The highest BCUT2D eigenvalue weighted by Gasteiger charge is 2.37. The van der Waals surface area contributed by atoms with Crippen molar-refractivity contribution in [2.75, 3.05) is 26.7 Å². The number of fused-ring (bicyclic) bond motifs is 1. The summed E-state index contributed by atoms with van der Waals surface area (Å²) in [5.74, 6) is -0.445. The second kappa shape index (κ2) is 13.2. The van der Waals surface area contributed by atoms with Gasteiger partial charge in [0.1, 0.15) is 12.1 Å². The van der Waals surface area contributed by atoms with Gasteiger partial charge in [0, 0.05) is 25.4 Å². The van der Waals surface area contributed by atoms with Crippen LogP contribution in [-0.2, 0) is 20.8 Å². The summed E-state index contributed by atoms with van der Waals surface area (Å²) in [6.07, 6.45) is 4.15. The number of nitrogens with zero attached hydrogens (tertiary/aromatic N) is 1. The molecule has 0 bridgehead atoms. The molecule has 3 amide bonds. The Hall–Kier alpha value is -2.93. The molecule has 35 heavy (non-hydrogen) atoms. The Morgan fingerprint density at radius 1 is 1.03 bits per heavy atom. The zero-order valence-electron chi connectivity index (χ0n) is 21.3. The third-order valence-corrected chi connectivity index (χ3v) is 6.96. The van der Waals surface area contributed by atoms with Gasteiger partial charge >= 0.3 is 0 Å². The standard InChI is InChI=1S/C28H40N4O3/c1-4-21(5-2)28(35)32-17-8-12-25(32)27(34)31-24(26(33)30-16-9-15-29-3)19-20-13-14-22-10-6-7-11-23(22)18-20/h6-7,10-11,13-14,18,21,24-25,29H,4-5,8-9,12,15-17,19H2,1-3H3,(H,30,33)(H,31,34)/t24-,25+/m1/s1. The van der Waals surface area contributed by atoms with E-state index >= 15 is 0 Å². The van der Waals surface area contributed by atoms with Crippen molar-refractivity contribution in [3.63, 3.8) is 0 Å². The Bertz CT molecular complexity index is 1000. The molecule has 0 radical (unpaired) electrons. The van der Waals surface area contributed by atoms with Crippen molar-refractivity contribution in [1.29, 1.82) is 0 Å². The second-order valence-electron chi connectivity index (χ2n) is 9.40. The number of hydrogen-bond acceptors (Lipinski definition) is 4. The van der Waals surface area contributed by atoms with E-state index in [9.17, 15) is 14.4 Å². The molecule has 0 aromatic heterocycles. The normalized spacial score (nSPS) is 16.5. The fraction of sp³-hybridized carbons (Fsp3) is 0.536. The van der Waals surface area contributed by atoms with Crippen molar-refractivity contribution in [2.45, 2.75) is 64.5 Å². The van der Waals surface area contributed by atoms with Gasteiger partial charge in [0.2, 0.25) is 17.7 Å². The number of carbonyl (C=O) groups is 3. The van der Waals surface area contributed by atoms with Crippen molar-refractivity contribution in [2.24, 2.45) is 5.92 Å². The third-order valence-electron chi connectivity index (χ3n) is 6.96. The summed E-state index contributed by atoms with van der Waals surface area (Å²) >= 11 is 0. The van der Waals surface area contributed by atoms with Gasteiger partial charge in [-0.25, -0.2) is 0 Å². The molecule has 1 fully saturated rings. The smallest absolute Gasteiger partial charge is 0.243 e. The highest BCUT2D eigenvalue weighted by molar-refractivity contribution is 5.93. The van der Waals surface area contributed by atoms with Gasteiger partial charge in [-0.05, 0) is 62.0 Å². The summed E-state index contributed by atoms with van der Waals surface area (Å²) in [6, 6.07) is 13.0. The topological polar surface area (TPSA) is 90.5 Å². The van der Waals surface area contributed by atoms with Crippen LogP contribution in [0.25, 0.3) is 10.8 Å². The Labute approximate surface area is 209 Å². The average molecular weight is 481 g/mol. The molecule has 7 heteroatoms. The van der Waals surface area contributed by atoms with Gasteiger partial charge in [0.15, 0.2) is 0 Å². The highest BCUT2D eigenvalue weighted by atomic mass is 16.2. The lowest BCUT2D eigenvalue weighted by Crippen LogP contribution is -2.54. The van der Waals surface area contributed by atoms with Crippen molar-refractivity contribution in [3.8, 4) is 0 Å². The van der Waals surface area contributed by atoms with Crippen molar-refractivity contribution >= 4 is 28.5 Å². The van der Waals surface area contributed by atoms with E-state index in [1.807, 2.05) is 51.2 Å². The molecular formula is C28H40N4O3. The van der Waals surface area contributed by atoms with Crippen LogP contribution in [0.4, 0.5) is 0 Å². The van der Waals surface area contributed by atoms with E-state index < -0.39 is 12.1 Å². The van der Waals surface area contributed by atoms with Gasteiger partial charge in [0.05, 0.1) is 0 Å². The zero-order chi connectivity index (χ0) is 25.2. The van der Waals surface area contributed by atoms with Crippen LogP contribution in [0.15, 0.2) is 42.5 Å². The first-order valence-corrected chi connectivity index (χ1v) is 13.0. The van der Waals surface area contributed by atoms with E-state index in [1.54, 1.807) is 4.90 Å². The molecule has 7 nitrogen and oxygen atoms in total. The summed E-state index contributed by atoms with van der Waals surface area (Å²) in [7, 11) is 1.88. The number of hydrogen-bond donors (Lipinski definition) is 3. The Kier molecular flexibility index (Phi) is 10.1. The van der Waals surface area contributed by atoms with Gasteiger partial charge in [-0.15, -0.1) is 0 Å². The van der Waals surface area contributed by atoms with Crippen LogP contribution in [0.5, 0.6) is 0 Å². The highest BCUT2D eigenvalue weighted by Crippen LogP contribution is 2.23. The third kappa shape index (κ3) is 7.04. The van der Waals surface area contributed by atoms with Crippen molar-refractivity contribution in [1.82, 2.24) is 20.9 Å². The first-order valence-electron chi connectivity index (χ1n) is 13.0. The van der Waals surface area contributed by atoms with Crippen molar-refractivity contribution in [3.05, 3.63) is 48.0 Å². The lowest BCUT2D eigenvalue weighted by Gasteiger charge is -2.29. The minimum atomic E-state index is -0.705. The SMILES string of the molecule is CCC(CC)C(=O)N1CCC[C@H]1C(=O)N[C@H](Cc1ccc2ccccc2c1)C(=O)NCCCNC. The molecule has 1 aliphatic rings. The maximum atomic E-state index is 13.4. The van der Waals surface area contributed by atoms with E-state index in [2.05, 4.69) is 28.1 Å². The van der Waals surface area contributed by atoms with Gasteiger partial charge in [-0.3, -0.25) is 14.4 Å². The maximum Gasteiger partial charge on any atom is 0.243 e. The lowest BCUT2D eigenvalue weighted by molar-refractivity contribution is -0.142. The lowest BCUT2D eigenvalue weighted by atomic mass is 10.00. The molecule has 2 atom stereocenters. The number of rotatable bonds is 12. The summed E-state index contributed by atoms with van der Waals surface area (Å²) in [6.45, 7) is 5.95. The molecule has 0 saturated carbocycles. The molecule has 3 N–H and O–H groups in total. The second-order valence-corrected chi connectivity index (χ2v) is 9.40. The van der Waals surface area contributed by atoms with Crippen LogP contribution >= 0.6 is 0 Å². The van der Waals surface area contributed by atoms with Crippen LogP contribution in [0.2, 0.25) is 0 Å². The average Bonchev–Trinajstić information content (AvgIpc) is 3.37. The summed E-state index contributed by atoms with van der Waals surface area (Å²) in [5, 5.41) is 11.3. The molecule has 1 heterocycles. The quantitative estimate of drug-likeness (QED) is 0.408. The van der Waals surface area contributed by atoms with Crippen LogP contribution < -0.4 is 16.0 Å². The Balaban J connectivity index is 1.75. The molecule has 0 unspecified atom stereocenters. The molecule has 2 aromatic rings. The largest absolute Gasteiger partial charge is 0.354 e. The zero-order valence-corrected chi connectivity index (χ0v) is 21.3. The molecule has 190 valence electrons. The minimum absolute atomic E-state index is 0.0512. The van der Waals surface area contributed by atoms with E-state index in [0.29, 0.717) is 25.9 Å². The first kappa shape index (κ1) is 26.7. The van der Waals surface area contributed by atoms with Gasteiger partial charge in [-0.1, -0.05) is 56.3 Å². The monoisotopic (exact) mass is 480 g/mol. The predicted octanol–water partition coefficient (Wildman–Crippen LogP) is 3.02. The Morgan fingerprint density at radius 2 is 1.77 bits per heavy atom. The number of amides is 3. The van der Waals surface area contributed by atoms with E-state index in [1.165, 1.54) is 0 Å². The number of likely N-dealkylation sites (tertiary alicyclic amines) is 1. The fourth-order valence-electron chi connectivity index (χ4n) is 4.85. The fourth-order valence-corrected chi connectivity index (χ4v) is 4.85. The van der Waals surface area contributed by atoms with Crippen LogP contribution in [0.1, 0.15) is 51.5 Å².